The first-order chi connectivity index (χ1) is 15.7. The summed E-state index contributed by atoms with van der Waals surface area (Å²) in [6.07, 6.45) is -2.97. The predicted octanol–water partition coefficient (Wildman–Crippen LogP) is 5.24. The fourth-order valence-corrected chi connectivity index (χ4v) is 4.24. The van der Waals surface area contributed by atoms with Crippen molar-refractivity contribution in [2.45, 2.75) is 20.0 Å². The van der Waals surface area contributed by atoms with E-state index in [9.17, 15) is 22.8 Å². The third-order valence-electron chi connectivity index (χ3n) is 4.74. The molecule has 0 fully saturated rings. The van der Waals surface area contributed by atoms with E-state index in [4.69, 9.17) is 4.74 Å². The molecular formula is C22H17F3N4O3S. The lowest BCUT2D eigenvalue weighted by Gasteiger charge is -2.07. The second-order valence-corrected chi connectivity index (χ2v) is 7.97. The van der Waals surface area contributed by atoms with Gasteiger partial charge in [-0.05, 0) is 55.8 Å². The van der Waals surface area contributed by atoms with E-state index in [1.807, 2.05) is 0 Å². The van der Waals surface area contributed by atoms with Crippen molar-refractivity contribution in [2.75, 3.05) is 11.9 Å². The molecule has 1 amide bonds. The number of fused-ring (bicyclic) bond motifs is 1. The zero-order chi connectivity index (χ0) is 23.8. The second-order valence-electron chi connectivity index (χ2n) is 6.97. The third-order valence-corrected chi connectivity index (χ3v) is 5.94. The Bertz CT molecular complexity index is 1360. The van der Waals surface area contributed by atoms with Gasteiger partial charge in [-0.15, -0.1) is 11.3 Å². The van der Waals surface area contributed by atoms with Crippen molar-refractivity contribution in [1.82, 2.24) is 14.8 Å². The average molecular weight is 474 g/mol. The molecule has 1 aromatic carbocycles. The van der Waals surface area contributed by atoms with Crippen molar-refractivity contribution >= 4 is 39.1 Å². The molecule has 3 heterocycles. The molecule has 0 unspecified atom stereocenters. The van der Waals surface area contributed by atoms with Gasteiger partial charge >= 0.3 is 12.1 Å². The molecule has 170 valence electrons. The van der Waals surface area contributed by atoms with Crippen molar-refractivity contribution in [2.24, 2.45) is 0 Å². The van der Waals surface area contributed by atoms with E-state index in [1.165, 1.54) is 16.8 Å². The van der Waals surface area contributed by atoms with Crippen molar-refractivity contribution in [1.29, 1.82) is 0 Å². The number of esters is 1. The first-order valence-electron chi connectivity index (χ1n) is 9.79. The summed E-state index contributed by atoms with van der Waals surface area (Å²) in [6, 6.07) is 10.5. The van der Waals surface area contributed by atoms with Crippen LogP contribution in [0.25, 0.3) is 15.9 Å². The van der Waals surface area contributed by atoms with Crippen LogP contribution in [-0.4, -0.2) is 33.2 Å². The number of nitrogens with zero attached hydrogens (tertiary/aromatic N) is 3. The van der Waals surface area contributed by atoms with Gasteiger partial charge in [0.05, 0.1) is 17.2 Å². The van der Waals surface area contributed by atoms with Crippen molar-refractivity contribution in [3.8, 4) is 5.69 Å². The maximum atomic E-state index is 13.0. The number of alkyl halides is 3. The lowest BCUT2D eigenvalue weighted by Crippen LogP contribution is -2.11. The van der Waals surface area contributed by atoms with E-state index in [-0.39, 0.29) is 22.0 Å². The Morgan fingerprint density at radius 1 is 1.18 bits per heavy atom. The summed E-state index contributed by atoms with van der Waals surface area (Å²) in [4.78, 5) is 28.8. The zero-order valence-corrected chi connectivity index (χ0v) is 18.3. The van der Waals surface area contributed by atoms with Crippen LogP contribution < -0.4 is 5.32 Å². The minimum Gasteiger partial charge on any atom is -0.461 e. The van der Waals surface area contributed by atoms with Gasteiger partial charge in [-0.25, -0.2) is 14.5 Å². The van der Waals surface area contributed by atoms with Crippen LogP contribution in [0.3, 0.4) is 0 Å². The fourth-order valence-electron chi connectivity index (χ4n) is 3.17. The molecule has 0 saturated carbocycles. The highest BCUT2D eigenvalue weighted by Gasteiger charge is 2.33. The predicted molar refractivity (Wildman–Crippen MR) is 117 cm³/mol. The molecule has 3 aromatic heterocycles. The monoisotopic (exact) mass is 474 g/mol. The standard InChI is InChI=1S/C22H17F3N4O3S/c1-3-32-21(31)16-9-10-29(28-16)14-6-4-5-13(11-14)26-19(30)18-12(2)15-7-8-17(22(23,24)25)27-20(15)33-18/h4-11H,3H2,1-2H3,(H,26,30). The number of aromatic nitrogens is 3. The molecule has 0 spiro atoms. The number of pyridine rings is 1. The summed E-state index contributed by atoms with van der Waals surface area (Å²) >= 11 is 0.901. The lowest BCUT2D eigenvalue weighted by atomic mass is 10.1. The number of carbonyl (C=O) groups excluding carboxylic acids is 2. The molecule has 1 N–H and O–H groups in total. The molecule has 4 aromatic rings. The SMILES string of the molecule is CCOC(=O)c1ccn(-c2cccc(NC(=O)c3sc4nc(C(F)(F)F)ccc4c3C)c2)n1. The number of anilines is 1. The maximum Gasteiger partial charge on any atom is 0.433 e. The molecule has 0 saturated heterocycles. The molecule has 0 atom stereocenters. The first-order valence-corrected chi connectivity index (χ1v) is 10.6. The largest absolute Gasteiger partial charge is 0.461 e. The van der Waals surface area contributed by atoms with E-state index in [0.717, 1.165) is 17.4 Å². The third kappa shape index (κ3) is 4.58. The Labute approximate surface area is 189 Å². The highest BCUT2D eigenvalue weighted by molar-refractivity contribution is 7.20. The summed E-state index contributed by atoms with van der Waals surface area (Å²) in [5.41, 5.74) is 0.741. The molecule has 7 nitrogen and oxygen atoms in total. The molecule has 0 bridgehead atoms. The summed E-state index contributed by atoms with van der Waals surface area (Å²) in [7, 11) is 0. The van der Waals surface area contributed by atoms with Crippen LogP contribution in [0.2, 0.25) is 0 Å². The Balaban J connectivity index is 1.58. The summed E-state index contributed by atoms with van der Waals surface area (Å²) in [6.45, 7) is 3.60. The number of thiophene rings is 1. The van der Waals surface area contributed by atoms with Crippen molar-refractivity contribution in [3.05, 3.63) is 70.5 Å². The highest BCUT2D eigenvalue weighted by atomic mass is 32.1. The number of halogens is 3. The maximum absolute atomic E-state index is 13.0. The molecule has 0 aliphatic heterocycles. The number of amides is 1. The fraction of sp³-hybridized carbons (Fsp3) is 0.182. The number of aryl methyl sites for hydroxylation is 1. The molecule has 11 heteroatoms. The number of hydrogen-bond donors (Lipinski definition) is 1. The Morgan fingerprint density at radius 2 is 1.97 bits per heavy atom. The van der Waals surface area contributed by atoms with Crippen LogP contribution in [0, 0.1) is 6.92 Å². The molecule has 0 aliphatic carbocycles. The molecule has 33 heavy (non-hydrogen) atoms. The highest BCUT2D eigenvalue weighted by Crippen LogP contribution is 2.34. The number of carbonyl (C=O) groups is 2. The van der Waals surface area contributed by atoms with Gasteiger partial charge in [-0.2, -0.15) is 18.3 Å². The van der Waals surface area contributed by atoms with E-state index in [2.05, 4.69) is 15.4 Å². The molecule has 0 radical (unpaired) electrons. The van der Waals surface area contributed by atoms with E-state index in [0.29, 0.717) is 22.3 Å². The van der Waals surface area contributed by atoms with Gasteiger partial charge in [-0.3, -0.25) is 4.79 Å². The lowest BCUT2D eigenvalue weighted by molar-refractivity contribution is -0.140. The van der Waals surface area contributed by atoms with Crippen LogP contribution in [0.1, 0.15) is 38.3 Å². The summed E-state index contributed by atoms with van der Waals surface area (Å²) in [5, 5.41) is 7.43. The molecule has 0 aliphatic rings. The number of hydrogen-bond acceptors (Lipinski definition) is 6. The number of nitrogens with one attached hydrogen (secondary N) is 1. The van der Waals surface area contributed by atoms with E-state index in [1.54, 1.807) is 44.3 Å². The minimum absolute atomic E-state index is 0.143. The quantitative estimate of drug-likeness (QED) is 0.400. The normalized spacial score (nSPS) is 11.5. The first kappa shape index (κ1) is 22.5. The molecule has 4 rings (SSSR count). The van der Waals surface area contributed by atoms with Gasteiger partial charge in [0.2, 0.25) is 0 Å². The van der Waals surface area contributed by atoms with Gasteiger partial charge in [0.25, 0.3) is 5.91 Å². The van der Waals surface area contributed by atoms with Crippen LogP contribution in [0.4, 0.5) is 18.9 Å². The van der Waals surface area contributed by atoms with Crippen LogP contribution >= 0.6 is 11.3 Å². The van der Waals surface area contributed by atoms with Crippen LogP contribution in [0.15, 0.2) is 48.7 Å². The van der Waals surface area contributed by atoms with Gasteiger partial charge in [-0.1, -0.05) is 6.07 Å². The average Bonchev–Trinajstić information content (AvgIpc) is 3.39. The van der Waals surface area contributed by atoms with E-state index < -0.39 is 23.7 Å². The topological polar surface area (TPSA) is 86.1 Å². The molecular weight excluding hydrogens is 457 g/mol. The van der Waals surface area contributed by atoms with Crippen molar-refractivity contribution in [3.63, 3.8) is 0 Å². The van der Waals surface area contributed by atoms with Crippen LogP contribution in [0.5, 0.6) is 0 Å². The van der Waals surface area contributed by atoms with Gasteiger partial charge < -0.3 is 10.1 Å². The number of rotatable bonds is 5. The zero-order valence-electron chi connectivity index (χ0n) is 17.4. The number of benzene rings is 1. The van der Waals surface area contributed by atoms with Gasteiger partial charge in [0.1, 0.15) is 10.5 Å². The van der Waals surface area contributed by atoms with E-state index >= 15 is 0 Å². The Hall–Kier alpha value is -3.73. The van der Waals surface area contributed by atoms with Crippen LogP contribution in [-0.2, 0) is 10.9 Å². The van der Waals surface area contributed by atoms with Gasteiger partial charge in [0, 0.05) is 17.3 Å². The summed E-state index contributed by atoms with van der Waals surface area (Å²) in [5.74, 6) is -1.00. The smallest absolute Gasteiger partial charge is 0.433 e. The Kier molecular flexibility index (Phi) is 5.90. The Morgan fingerprint density at radius 3 is 2.70 bits per heavy atom. The van der Waals surface area contributed by atoms with Crippen molar-refractivity contribution < 1.29 is 27.5 Å². The summed E-state index contributed by atoms with van der Waals surface area (Å²) < 4.78 is 45.3. The number of ether oxygens (including phenoxy) is 1. The second kappa shape index (κ2) is 8.66. The minimum atomic E-state index is -4.56. The van der Waals surface area contributed by atoms with Gasteiger partial charge in [0.15, 0.2) is 5.69 Å².